The molecule has 1 amide bonds. The van der Waals surface area contributed by atoms with Gasteiger partial charge in [-0.1, -0.05) is 102 Å². The summed E-state index contributed by atoms with van der Waals surface area (Å²) in [5, 5.41) is 13.4. The highest BCUT2D eigenvalue weighted by molar-refractivity contribution is 7.99. The van der Waals surface area contributed by atoms with Crippen molar-refractivity contribution in [2.45, 2.75) is 24.2 Å². The van der Waals surface area contributed by atoms with Crippen molar-refractivity contribution in [3.8, 4) is 11.4 Å². The Balaban J connectivity index is 1.26. The minimum Gasteiger partial charge on any atom is -0.486 e. The maximum absolute atomic E-state index is 13.0. The maximum Gasteiger partial charge on any atom is 0.221 e. The minimum absolute atomic E-state index is 0.0303. The SMILES string of the molecule is O=C(CCSc1nnc(COc2ccc(Cl)cc2)n1-c1ccccc1)NC(c1ccccc1)c1ccccc1. The molecule has 0 atom stereocenters. The van der Waals surface area contributed by atoms with Crippen molar-refractivity contribution in [1.82, 2.24) is 20.1 Å². The van der Waals surface area contributed by atoms with Crippen LogP contribution in [0.3, 0.4) is 0 Å². The number of nitrogens with one attached hydrogen (secondary N) is 1. The monoisotopic (exact) mass is 554 g/mol. The molecule has 0 radical (unpaired) electrons. The van der Waals surface area contributed by atoms with E-state index in [1.807, 2.05) is 108 Å². The van der Waals surface area contributed by atoms with Crippen molar-refractivity contribution in [3.05, 3.63) is 137 Å². The summed E-state index contributed by atoms with van der Waals surface area (Å²) in [5.74, 6) is 1.87. The van der Waals surface area contributed by atoms with Gasteiger partial charge in [-0.2, -0.15) is 0 Å². The van der Waals surface area contributed by atoms with Crippen molar-refractivity contribution in [3.63, 3.8) is 0 Å². The lowest BCUT2D eigenvalue weighted by Gasteiger charge is -2.20. The topological polar surface area (TPSA) is 69.0 Å². The van der Waals surface area contributed by atoms with Crippen molar-refractivity contribution in [2.75, 3.05) is 5.75 Å². The molecule has 0 bridgehead atoms. The highest BCUT2D eigenvalue weighted by atomic mass is 35.5. The van der Waals surface area contributed by atoms with Gasteiger partial charge in [0.2, 0.25) is 5.91 Å². The first-order valence-corrected chi connectivity index (χ1v) is 13.9. The molecule has 0 aliphatic rings. The van der Waals surface area contributed by atoms with E-state index < -0.39 is 0 Å². The Kier molecular flexibility index (Phi) is 8.94. The predicted octanol–water partition coefficient (Wildman–Crippen LogP) is 6.89. The molecular weight excluding hydrogens is 528 g/mol. The number of halogens is 1. The van der Waals surface area contributed by atoms with E-state index in [9.17, 15) is 4.79 Å². The van der Waals surface area contributed by atoms with E-state index in [2.05, 4.69) is 15.5 Å². The second-order valence-corrected chi connectivity index (χ2v) is 10.2. The average Bonchev–Trinajstić information content (AvgIpc) is 3.39. The molecule has 1 N–H and O–H groups in total. The zero-order chi connectivity index (χ0) is 26.9. The normalized spacial score (nSPS) is 10.9. The molecule has 1 aromatic heterocycles. The number of hydrogen-bond acceptors (Lipinski definition) is 5. The summed E-state index contributed by atoms with van der Waals surface area (Å²) in [6.45, 7) is 0.237. The Morgan fingerprint density at radius 3 is 2.03 bits per heavy atom. The third kappa shape index (κ3) is 7.07. The zero-order valence-corrected chi connectivity index (χ0v) is 22.7. The smallest absolute Gasteiger partial charge is 0.221 e. The molecule has 0 spiro atoms. The molecule has 1 heterocycles. The van der Waals surface area contributed by atoms with Crippen LogP contribution < -0.4 is 10.1 Å². The van der Waals surface area contributed by atoms with E-state index >= 15 is 0 Å². The van der Waals surface area contributed by atoms with E-state index in [4.69, 9.17) is 16.3 Å². The average molecular weight is 555 g/mol. The van der Waals surface area contributed by atoms with Gasteiger partial charge in [-0.25, -0.2) is 0 Å². The number of thioether (sulfide) groups is 1. The molecule has 0 aliphatic heterocycles. The van der Waals surface area contributed by atoms with Gasteiger partial charge in [0.05, 0.1) is 6.04 Å². The van der Waals surface area contributed by atoms with Crippen molar-refractivity contribution >= 4 is 29.3 Å². The molecule has 0 fully saturated rings. The molecule has 0 aliphatic carbocycles. The first-order valence-electron chi connectivity index (χ1n) is 12.6. The summed E-state index contributed by atoms with van der Waals surface area (Å²) < 4.78 is 7.91. The fourth-order valence-corrected chi connectivity index (χ4v) is 5.16. The largest absolute Gasteiger partial charge is 0.486 e. The number of carbonyl (C=O) groups is 1. The molecule has 6 nitrogen and oxygen atoms in total. The van der Waals surface area contributed by atoms with Crippen LogP contribution in [0.2, 0.25) is 5.02 Å². The van der Waals surface area contributed by atoms with Gasteiger partial charge in [-0.3, -0.25) is 9.36 Å². The Morgan fingerprint density at radius 1 is 0.821 bits per heavy atom. The van der Waals surface area contributed by atoms with Gasteiger partial charge < -0.3 is 10.1 Å². The van der Waals surface area contributed by atoms with Crippen LogP contribution in [0.15, 0.2) is 120 Å². The van der Waals surface area contributed by atoms with E-state index in [1.165, 1.54) is 11.8 Å². The molecular formula is C31H27ClN4O2S. The van der Waals surface area contributed by atoms with Crippen molar-refractivity contribution < 1.29 is 9.53 Å². The Hall–Kier alpha value is -4.07. The summed E-state index contributed by atoms with van der Waals surface area (Å²) in [6, 6.07) is 36.9. The molecule has 196 valence electrons. The number of rotatable bonds is 11. The van der Waals surface area contributed by atoms with Crippen LogP contribution in [-0.2, 0) is 11.4 Å². The molecule has 0 saturated heterocycles. The Bertz CT molecular complexity index is 1440. The van der Waals surface area contributed by atoms with Crippen molar-refractivity contribution in [2.24, 2.45) is 0 Å². The number of aromatic nitrogens is 3. The van der Waals surface area contributed by atoms with Gasteiger partial charge in [0.15, 0.2) is 11.0 Å². The first kappa shape index (κ1) is 26.5. The van der Waals surface area contributed by atoms with Crippen LogP contribution in [0.25, 0.3) is 5.69 Å². The van der Waals surface area contributed by atoms with E-state index in [0.717, 1.165) is 16.8 Å². The molecule has 4 aromatic carbocycles. The molecule has 39 heavy (non-hydrogen) atoms. The van der Waals surface area contributed by atoms with Gasteiger partial charge in [0.1, 0.15) is 12.4 Å². The van der Waals surface area contributed by atoms with Gasteiger partial charge in [0.25, 0.3) is 0 Å². The third-order valence-corrected chi connectivity index (χ3v) is 7.21. The van der Waals surface area contributed by atoms with Gasteiger partial charge in [0, 0.05) is 22.9 Å². The third-order valence-electron chi connectivity index (χ3n) is 6.03. The lowest BCUT2D eigenvalue weighted by atomic mass is 9.98. The number of ether oxygens (including phenoxy) is 1. The van der Waals surface area contributed by atoms with E-state index in [-0.39, 0.29) is 18.6 Å². The molecule has 8 heteroatoms. The van der Waals surface area contributed by atoms with E-state index in [0.29, 0.717) is 33.9 Å². The highest BCUT2D eigenvalue weighted by Gasteiger charge is 2.18. The summed E-state index contributed by atoms with van der Waals surface area (Å²) in [6.07, 6.45) is 0.332. The lowest BCUT2D eigenvalue weighted by molar-refractivity contribution is -0.121. The lowest BCUT2D eigenvalue weighted by Crippen LogP contribution is -2.29. The summed E-state index contributed by atoms with van der Waals surface area (Å²) in [4.78, 5) is 13.0. The minimum atomic E-state index is -0.213. The van der Waals surface area contributed by atoms with E-state index in [1.54, 1.807) is 12.1 Å². The standard InChI is InChI=1S/C31H27ClN4O2S/c32-25-16-18-27(19-17-25)38-22-28-34-35-31(36(28)26-14-8-3-9-15-26)39-21-20-29(37)33-30(23-10-4-1-5-11-23)24-12-6-2-7-13-24/h1-19,30H,20-22H2,(H,33,37). The van der Waals surface area contributed by atoms with Gasteiger partial charge in [-0.05, 0) is 47.5 Å². The molecule has 5 aromatic rings. The molecule has 0 saturated carbocycles. The van der Waals surface area contributed by atoms with Gasteiger partial charge in [-0.15, -0.1) is 10.2 Å². The number of hydrogen-bond donors (Lipinski definition) is 1. The Morgan fingerprint density at radius 2 is 1.41 bits per heavy atom. The fourth-order valence-electron chi connectivity index (χ4n) is 4.12. The summed E-state index contributed by atoms with van der Waals surface area (Å²) in [7, 11) is 0. The number of para-hydroxylation sites is 1. The highest BCUT2D eigenvalue weighted by Crippen LogP contribution is 2.25. The molecule has 5 rings (SSSR count). The number of benzene rings is 4. The van der Waals surface area contributed by atoms with Crippen LogP contribution in [0.1, 0.15) is 29.4 Å². The van der Waals surface area contributed by atoms with Crippen LogP contribution in [-0.4, -0.2) is 26.4 Å². The van der Waals surface area contributed by atoms with Crippen molar-refractivity contribution in [1.29, 1.82) is 0 Å². The number of carbonyl (C=O) groups excluding carboxylic acids is 1. The maximum atomic E-state index is 13.0. The summed E-state index contributed by atoms with van der Waals surface area (Å²) >= 11 is 7.47. The molecule has 0 unspecified atom stereocenters. The quantitative estimate of drug-likeness (QED) is 0.180. The van der Waals surface area contributed by atoms with Gasteiger partial charge >= 0.3 is 0 Å². The second-order valence-electron chi connectivity index (χ2n) is 8.73. The van der Waals surface area contributed by atoms with Crippen LogP contribution in [0, 0.1) is 0 Å². The zero-order valence-electron chi connectivity index (χ0n) is 21.1. The summed E-state index contributed by atoms with van der Waals surface area (Å²) in [5.41, 5.74) is 3.01. The second kappa shape index (κ2) is 13.1. The fraction of sp³-hybridized carbons (Fsp3) is 0.129. The Labute approximate surface area is 237 Å². The first-order chi connectivity index (χ1) is 19.2. The predicted molar refractivity (Wildman–Crippen MR) is 155 cm³/mol. The van der Waals surface area contributed by atoms with Crippen LogP contribution in [0.5, 0.6) is 5.75 Å². The van der Waals surface area contributed by atoms with Crippen LogP contribution in [0.4, 0.5) is 0 Å². The van der Waals surface area contributed by atoms with Crippen LogP contribution >= 0.6 is 23.4 Å². The number of nitrogens with zero attached hydrogens (tertiary/aromatic N) is 3. The number of amides is 1.